The van der Waals surface area contributed by atoms with E-state index >= 15 is 0 Å². The van der Waals surface area contributed by atoms with Crippen molar-refractivity contribution in [1.82, 2.24) is 9.55 Å². The number of carbonyl (C=O) groups is 1. The van der Waals surface area contributed by atoms with Gasteiger partial charge in [0.1, 0.15) is 11.4 Å². The molecule has 0 spiro atoms. The van der Waals surface area contributed by atoms with Crippen LogP contribution in [0.25, 0.3) is 22.3 Å². The van der Waals surface area contributed by atoms with Crippen molar-refractivity contribution in [1.29, 1.82) is 0 Å². The minimum atomic E-state index is -1.61. The van der Waals surface area contributed by atoms with Crippen LogP contribution in [0.3, 0.4) is 0 Å². The first-order valence-electron chi connectivity index (χ1n) is 10.1. The summed E-state index contributed by atoms with van der Waals surface area (Å²) in [6.45, 7) is 4.22. The van der Waals surface area contributed by atoms with Gasteiger partial charge in [0.2, 0.25) is 0 Å². The molecular weight excluding hydrogens is 368 g/mol. The van der Waals surface area contributed by atoms with Gasteiger partial charge in [-0.2, -0.15) is 0 Å². The minimum Gasteiger partial charge on any atom is -0.508 e. The molecule has 0 fully saturated rings. The maximum atomic E-state index is 13.3. The molecule has 1 aliphatic carbocycles. The van der Waals surface area contributed by atoms with Gasteiger partial charge >= 0.3 is 0 Å². The zero-order chi connectivity index (χ0) is 20.5. The van der Waals surface area contributed by atoms with Crippen molar-refractivity contribution in [3.63, 3.8) is 0 Å². The second-order valence-corrected chi connectivity index (χ2v) is 7.92. The number of phenols is 1. The van der Waals surface area contributed by atoms with Crippen LogP contribution in [-0.2, 0) is 29.8 Å². The lowest BCUT2D eigenvalue weighted by atomic mass is 9.77. The van der Waals surface area contributed by atoms with Gasteiger partial charge in [0.25, 0.3) is 5.56 Å². The first-order valence-corrected chi connectivity index (χ1v) is 10.1. The fourth-order valence-electron chi connectivity index (χ4n) is 4.94. The number of carbonyl (C=O) groups excluding carboxylic acids is 1. The maximum absolute atomic E-state index is 13.3. The van der Waals surface area contributed by atoms with E-state index in [9.17, 15) is 19.8 Å². The molecule has 0 saturated heterocycles. The number of fused-ring (bicyclic) bond motifs is 5. The van der Waals surface area contributed by atoms with Crippen molar-refractivity contribution >= 4 is 16.7 Å². The predicted octanol–water partition coefficient (Wildman–Crippen LogP) is 2.81. The summed E-state index contributed by atoms with van der Waals surface area (Å²) in [6.07, 6.45) is 1.51. The zero-order valence-corrected chi connectivity index (χ0v) is 16.5. The first-order chi connectivity index (χ1) is 13.9. The predicted molar refractivity (Wildman–Crippen MR) is 109 cm³/mol. The highest BCUT2D eigenvalue weighted by molar-refractivity contribution is 5.92. The highest BCUT2D eigenvalue weighted by Gasteiger charge is 2.43. The van der Waals surface area contributed by atoms with Crippen LogP contribution in [0, 0.1) is 0 Å². The van der Waals surface area contributed by atoms with Gasteiger partial charge in [-0.15, -0.1) is 0 Å². The van der Waals surface area contributed by atoms with E-state index in [0.29, 0.717) is 29.8 Å². The molecule has 0 unspecified atom stereocenters. The summed E-state index contributed by atoms with van der Waals surface area (Å²) in [5.74, 6) is -0.0464. The van der Waals surface area contributed by atoms with Crippen LogP contribution in [0.15, 0.2) is 29.1 Å². The Bertz CT molecular complexity index is 1270. The van der Waals surface area contributed by atoms with Crippen molar-refractivity contribution in [2.45, 2.75) is 51.7 Å². The zero-order valence-electron chi connectivity index (χ0n) is 16.5. The van der Waals surface area contributed by atoms with E-state index in [4.69, 9.17) is 4.98 Å². The number of pyridine rings is 2. The molecule has 0 saturated carbocycles. The Hall–Kier alpha value is -2.99. The summed E-state index contributed by atoms with van der Waals surface area (Å²) < 4.78 is 1.71. The van der Waals surface area contributed by atoms with Crippen LogP contribution < -0.4 is 5.56 Å². The number of aromatic nitrogens is 2. The molecule has 2 aromatic heterocycles. The number of aromatic hydroxyl groups is 1. The summed E-state index contributed by atoms with van der Waals surface area (Å²) in [5, 5.41) is 21.9. The molecular formula is C23H22N2O4. The van der Waals surface area contributed by atoms with Gasteiger partial charge in [-0.1, -0.05) is 13.8 Å². The monoisotopic (exact) mass is 390 g/mol. The van der Waals surface area contributed by atoms with Crippen LogP contribution >= 0.6 is 0 Å². The lowest BCUT2D eigenvalue weighted by Crippen LogP contribution is -2.43. The number of benzene rings is 1. The lowest BCUT2D eigenvalue weighted by Gasteiger charge is -2.32. The summed E-state index contributed by atoms with van der Waals surface area (Å²) in [6, 6.07) is 6.88. The number of aliphatic hydroxyl groups is 1. The highest BCUT2D eigenvalue weighted by Crippen LogP contribution is 2.41. The third-order valence-electron chi connectivity index (χ3n) is 6.52. The Labute approximate surface area is 167 Å². The first kappa shape index (κ1) is 18.1. The Morgan fingerprint density at radius 1 is 1.14 bits per heavy atom. The van der Waals surface area contributed by atoms with Gasteiger partial charge in [0.15, 0.2) is 5.78 Å². The molecule has 5 rings (SSSR count). The van der Waals surface area contributed by atoms with E-state index in [2.05, 4.69) is 0 Å². The number of hydrogen-bond acceptors (Lipinski definition) is 5. The standard InChI is InChI=1S/C23H22N2O4/c1-3-13-15-9-12(26)5-7-18(15)24-21-16(13)11-25-19(21)10-17-14(22(25)28)6-8-20(27)23(17,29)4-2/h5,7,9-10,26,29H,3-4,6,8,11H2,1-2H3/t23-/m1/s1. The molecule has 6 heteroatoms. The van der Waals surface area contributed by atoms with Crippen molar-refractivity contribution in [3.05, 3.63) is 56.9 Å². The second-order valence-electron chi connectivity index (χ2n) is 7.92. The van der Waals surface area contributed by atoms with E-state index in [-0.39, 0.29) is 29.9 Å². The molecule has 29 heavy (non-hydrogen) atoms. The molecule has 3 aromatic rings. The van der Waals surface area contributed by atoms with E-state index in [1.165, 1.54) is 0 Å². The molecule has 1 aliphatic heterocycles. The number of hydrogen-bond donors (Lipinski definition) is 2. The van der Waals surface area contributed by atoms with Crippen molar-refractivity contribution in [3.8, 4) is 17.1 Å². The van der Waals surface area contributed by atoms with Crippen LogP contribution in [0.4, 0.5) is 0 Å². The molecule has 0 radical (unpaired) electrons. The van der Waals surface area contributed by atoms with Crippen molar-refractivity contribution in [2.75, 3.05) is 0 Å². The van der Waals surface area contributed by atoms with E-state index < -0.39 is 5.60 Å². The summed E-state index contributed by atoms with van der Waals surface area (Å²) in [4.78, 5) is 30.6. The maximum Gasteiger partial charge on any atom is 0.254 e. The Morgan fingerprint density at radius 3 is 2.66 bits per heavy atom. The van der Waals surface area contributed by atoms with Crippen molar-refractivity contribution in [2.24, 2.45) is 0 Å². The van der Waals surface area contributed by atoms with Crippen LogP contribution in [-0.4, -0.2) is 25.5 Å². The van der Waals surface area contributed by atoms with Gasteiger partial charge in [-0.25, -0.2) is 4.98 Å². The van der Waals surface area contributed by atoms with Crippen molar-refractivity contribution < 1.29 is 15.0 Å². The van der Waals surface area contributed by atoms with Gasteiger partial charge in [-0.3, -0.25) is 9.59 Å². The van der Waals surface area contributed by atoms with Gasteiger partial charge in [-0.05, 0) is 49.1 Å². The number of rotatable bonds is 2. The molecule has 1 aromatic carbocycles. The third kappa shape index (κ3) is 2.29. The van der Waals surface area contributed by atoms with Crippen LogP contribution in [0.1, 0.15) is 48.9 Å². The molecule has 148 valence electrons. The Kier molecular flexibility index (Phi) is 3.74. The van der Waals surface area contributed by atoms with Gasteiger partial charge in [0, 0.05) is 28.5 Å². The van der Waals surface area contributed by atoms with E-state index in [1.807, 2.05) is 6.92 Å². The SMILES string of the molecule is CCc1c2c(nc3ccc(O)cc13)-c1cc3c(c(=O)n1C2)CCC(=O)[C@@]3(O)CC. The van der Waals surface area contributed by atoms with Gasteiger partial charge in [0.05, 0.1) is 23.4 Å². The minimum absolute atomic E-state index is 0.149. The molecule has 0 amide bonds. The summed E-state index contributed by atoms with van der Waals surface area (Å²) >= 11 is 0. The quantitative estimate of drug-likeness (QED) is 0.549. The largest absolute Gasteiger partial charge is 0.508 e. The number of ketones is 1. The lowest BCUT2D eigenvalue weighted by molar-refractivity contribution is -0.140. The molecule has 2 N–H and O–H groups in total. The molecule has 1 atom stereocenters. The highest BCUT2D eigenvalue weighted by atomic mass is 16.3. The number of nitrogens with zero attached hydrogens (tertiary/aromatic N) is 2. The Balaban J connectivity index is 1.84. The molecule has 2 aliphatic rings. The average Bonchev–Trinajstić information content (AvgIpc) is 3.08. The summed E-state index contributed by atoms with van der Waals surface area (Å²) in [7, 11) is 0. The smallest absolute Gasteiger partial charge is 0.254 e. The van der Waals surface area contributed by atoms with E-state index in [0.717, 1.165) is 34.1 Å². The fraction of sp³-hybridized carbons (Fsp3) is 0.348. The number of Topliss-reactive ketones (excluding diaryl/α,β-unsaturated/α-hetero) is 1. The molecule has 3 heterocycles. The number of aryl methyl sites for hydroxylation is 1. The topological polar surface area (TPSA) is 92.4 Å². The normalized spacial score (nSPS) is 19.9. The van der Waals surface area contributed by atoms with E-state index in [1.54, 1.807) is 35.8 Å². The second kappa shape index (κ2) is 6.00. The van der Waals surface area contributed by atoms with Gasteiger partial charge < -0.3 is 14.8 Å². The third-order valence-corrected chi connectivity index (χ3v) is 6.52. The molecule has 6 nitrogen and oxygen atoms in total. The Morgan fingerprint density at radius 2 is 1.93 bits per heavy atom. The average molecular weight is 390 g/mol. The van der Waals surface area contributed by atoms with Crippen LogP contribution in [0.5, 0.6) is 5.75 Å². The summed E-state index contributed by atoms with van der Waals surface area (Å²) in [5.41, 5.74) is 3.35. The molecule has 0 bridgehead atoms. The fourth-order valence-corrected chi connectivity index (χ4v) is 4.94. The number of phenolic OH excluding ortho intramolecular Hbond substituents is 1. The van der Waals surface area contributed by atoms with Crippen LogP contribution in [0.2, 0.25) is 0 Å².